The van der Waals surface area contributed by atoms with E-state index >= 15 is 0 Å². The largest absolute Gasteiger partial charge is 0.573 e. The summed E-state index contributed by atoms with van der Waals surface area (Å²) in [6.45, 7) is 1.69. The molecule has 1 heterocycles. The fraction of sp³-hybridized carbons (Fsp3) is 0.263. The molecule has 0 bridgehead atoms. The molecule has 166 valence electrons. The summed E-state index contributed by atoms with van der Waals surface area (Å²) in [5, 5.41) is 7.48. The number of rotatable bonds is 3. The van der Waals surface area contributed by atoms with E-state index in [2.05, 4.69) is 15.2 Å². The molecule has 0 spiro atoms. The maximum absolute atomic E-state index is 12.6. The molecule has 0 fully saturated rings. The van der Waals surface area contributed by atoms with Crippen LogP contribution in [-0.4, -0.2) is 35.9 Å². The monoisotopic (exact) mass is 447 g/mol. The summed E-state index contributed by atoms with van der Waals surface area (Å²) >= 11 is 0. The van der Waals surface area contributed by atoms with E-state index in [9.17, 15) is 31.1 Å². The van der Waals surface area contributed by atoms with Crippen LogP contribution in [0.15, 0.2) is 53.6 Å². The molecule has 1 aliphatic rings. The number of urea groups is 1. The van der Waals surface area contributed by atoms with Gasteiger partial charge in [-0.15, -0.1) is 18.3 Å². The Balaban J connectivity index is 1.72. The van der Waals surface area contributed by atoms with Crippen molar-refractivity contribution >= 4 is 17.6 Å². The molecule has 1 N–H and O–H groups in total. The maximum atomic E-state index is 12.6. The van der Waals surface area contributed by atoms with Crippen LogP contribution in [0.3, 0.4) is 0 Å². The minimum absolute atomic E-state index is 0.0140. The first-order valence-corrected chi connectivity index (χ1v) is 8.78. The third-order valence-corrected chi connectivity index (χ3v) is 3.99. The van der Waals surface area contributed by atoms with Crippen LogP contribution in [0.4, 0.5) is 36.8 Å². The van der Waals surface area contributed by atoms with Crippen molar-refractivity contribution in [2.24, 2.45) is 5.10 Å². The molecule has 0 radical (unpaired) electrons. The van der Waals surface area contributed by atoms with Gasteiger partial charge in [0.2, 0.25) is 5.90 Å². The number of carbonyl (C=O) groups is 1. The Labute approximate surface area is 172 Å². The summed E-state index contributed by atoms with van der Waals surface area (Å²) in [5.41, 5.74) is -0.431. The van der Waals surface area contributed by atoms with E-state index < -0.39 is 36.0 Å². The molecule has 3 rings (SSSR count). The Bertz CT molecular complexity index is 956. The maximum Gasteiger partial charge on any atom is 0.573 e. The van der Waals surface area contributed by atoms with Crippen LogP contribution in [0.1, 0.15) is 18.1 Å². The van der Waals surface area contributed by atoms with E-state index in [1.807, 2.05) is 0 Å². The van der Waals surface area contributed by atoms with Gasteiger partial charge in [0, 0.05) is 11.3 Å². The fourth-order valence-electron chi connectivity index (χ4n) is 2.63. The lowest BCUT2D eigenvalue weighted by Crippen LogP contribution is -2.42. The van der Waals surface area contributed by atoms with Gasteiger partial charge in [0.05, 0.1) is 12.1 Å². The number of benzene rings is 2. The van der Waals surface area contributed by atoms with Gasteiger partial charge in [0.15, 0.2) is 0 Å². The minimum Gasteiger partial charge on any atom is -0.471 e. The molecule has 12 heteroatoms. The van der Waals surface area contributed by atoms with Crippen molar-refractivity contribution in [3.8, 4) is 5.75 Å². The number of alkyl halides is 6. The number of hydrogen-bond acceptors (Lipinski definition) is 4. The van der Waals surface area contributed by atoms with Crippen molar-refractivity contribution in [3.63, 3.8) is 0 Å². The standard InChI is InChI=1S/C19H15F6N3O3/c1-11-10-28(17(29)26-14-6-4-13(5-7-14)18(20,21)22)27-16(30-11)12-2-8-15(9-3-12)31-19(23,24)25/h2-9,11H,10H2,1H3,(H,26,29). The molecule has 0 aliphatic carbocycles. The number of halogens is 6. The normalized spacial score (nSPS) is 16.9. The molecule has 6 nitrogen and oxygen atoms in total. The van der Waals surface area contributed by atoms with Crippen molar-refractivity contribution < 1.29 is 40.6 Å². The van der Waals surface area contributed by atoms with Crippen molar-refractivity contribution in [2.75, 3.05) is 11.9 Å². The third kappa shape index (κ3) is 6.03. The lowest BCUT2D eigenvalue weighted by atomic mass is 10.2. The van der Waals surface area contributed by atoms with E-state index in [1.54, 1.807) is 6.92 Å². The van der Waals surface area contributed by atoms with Crippen molar-refractivity contribution in [1.82, 2.24) is 5.01 Å². The average molecular weight is 447 g/mol. The fourth-order valence-corrected chi connectivity index (χ4v) is 2.63. The second kappa shape index (κ2) is 8.36. The van der Waals surface area contributed by atoms with Gasteiger partial charge in [-0.05, 0) is 55.5 Å². The second-order valence-corrected chi connectivity index (χ2v) is 6.49. The number of amides is 2. The number of nitrogens with one attached hydrogen (secondary N) is 1. The first kappa shape index (κ1) is 22.2. The van der Waals surface area contributed by atoms with Crippen LogP contribution in [0.25, 0.3) is 0 Å². The lowest BCUT2D eigenvalue weighted by molar-refractivity contribution is -0.274. The number of nitrogens with zero attached hydrogens (tertiary/aromatic N) is 2. The third-order valence-electron chi connectivity index (χ3n) is 3.99. The summed E-state index contributed by atoms with van der Waals surface area (Å²) in [4.78, 5) is 12.5. The van der Waals surface area contributed by atoms with Gasteiger partial charge in [-0.1, -0.05) is 0 Å². The molecule has 2 amide bonds. The van der Waals surface area contributed by atoms with E-state index in [1.165, 1.54) is 12.1 Å². The molecule has 31 heavy (non-hydrogen) atoms. The molecule has 1 atom stereocenters. The highest BCUT2D eigenvalue weighted by molar-refractivity contribution is 5.97. The lowest BCUT2D eigenvalue weighted by Gasteiger charge is -2.28. The predicted molar refractivity (Wildman–Crippen MR) is 97.4 cm³/mol. The van der Waals surface area contributed by atoms with Crippen LogP contribution in [0.2, 0.25) is 0 Å². The number of carbonyl (C=O) groups excluding carboxylic acids is 1. The van der Waals surface area contributed by atoms with Crippen molar-refractivity contribution in [2.45, 2.75) is 25.6 Å². The molecular weight excluding hydrogens is 432 g/mol. The van der Waals surface area contributed by atoms with E-state index in [-0.39, 0.29) is 18.1 Å². The predicted octanol–water partition coefficient (Wildman–Crippen LogP) is 5.22. The van der Waals surface area contributed by atoms with E-state index in [0.29, 0.717) is 5.56 Å². The van der Waals surface area contributed by atoms with Gasteiger partial charge >= 0.3 is 18.6 Å². The van der Waals surface area contributed by atoms with Crippen LogP contribution in [0, 0.1) is 0 Å². The molecule has 0 aromatic heterocycles. The first-order valence-electron chi connectivity index (χ1n) is 8.78. The van der Waals surface area contributed by atoms with Crippen LogP contribution < -0.4 is 10.1 Å². The number of ether oxygens (including phenoxy) is 2. The molecule has 1 aliphatic heterocycles. The highest BCUT2D eigenvalue weighted by Gasteiger charge is 2.32. The number of hydrazone groups is 1. The smallest absolute Gasteiger partial charge is 0.471 e. The van der Waals surface area contributed by atoms with Crippen LogP contribution >= 0.6 is 0 Å². The summed E-state index contributed by atoms with van der Waals surface area (Å²) in [6, 6.07) is 7.86. The molecule has 0 saturated heterocycles. The SMILES string of the molecule is CC1CN(C(=O)Nc2ccc(C(F)(F)F)cc2)N=C(c2ccc(OC(F)(F)F)cc2)O1. The Morgan fingerprint density at radius 3 is 2.23 bits per heavy atom. The van der Waals surface area contributed by atoms with E-state index in [4.69, 9.17) is 4.74 Å². The van der Waals surface area contributed by atoms with Gasteiger partial charge in [-0.2, -0.15) is 13.2 Å². The molecular formula is C19H15F6N3O3. The van der Waals surface area contributed by atoms with Crippen LogP contribution in [0.5, 0.6) is 5.75 Å². The van der Waals surface area contributed by atoms with Gasteiger partial charge in [0.25, 0.3) is 0 Å². The quantitative estimate of drug-likeness (QED) is 0.657. The topological polar surface area (TPSA) is 63.2 Å². The molecule has 1 unspecified atom stereocenters. The van der Waals surface area contributed by atoms with Crippen molar-refractivity contribution in [1.29, 1.82) is 0 Å². The zero-order chi connectivity index (χ0) is 22.8. The zero-order valence-corrected chi connectivity index (χ0v) is 15.8. The summed E-state index contributed by atoms with van der Waals surface area (Å²) in [6.07, 6.45) is -9.83. The number of anilines is 1. The Morgan fingerprint density at radius 2 is 1.68 bits per heavy atom. The number of hydrogen-bond donors (Lipinski definition) is 1. The van der Waals surface area contributed by atoms with Gasteiger partial charge in [0.1, 0.15) is 11.9 Å². The summed E-state index contributed by atoms with van der Waals surface area (Å²) in [5.74, 6) is -0.447. The Morgan fingerprint density at radius 1 is 1.06 bits per heavy atom. The van der Waals surface area contributed by atoms with E-state index in [0.717, 1.165) is 41.4 Å². The average Bonchev–Trinajstić information content (AvgIpc) is 2.66. The minimum atomic E-state index is -4.83. The summed E-state index contributed by atoms with van der Waals surface area (Å²) in [7, 11) is 0. The van der Waals surface area contributed by atoms with Crippen molar-refractivity contribution in [3.05, 3.63) is 59.7 Å². The first-order chi connectivity index (χ1) is 14.4. The summed E-state index contributed by atoms with van der Waals surface area (Å²) < 4.78 is 84.0. The Hall–Kier alpha value is -3.44. The highest BCUT2D eigenvalue weighted by Crippen LogP contribution is 2.30. The molecule has 2 aromatic carbocycles. The molecule has 2 aromatic rings. The Kier molecular flexibility index (Phi) is 6.00. The van der Waals surface area contributed by atoms with Gasteiger partial charge < -0.3 is 14.8 Å². The van der Waals surface area contributed by atoms with Gasteiger partial charge in [-0.3, -0.25) is 0 Å². The zero-order valence-electron chi connectivity index (χ0n) is 15.8. The second-order valence-electron chi connectivity index (χ2n) is 6.49. The highest BCUT2D eigenvalue weighted by atomic mass is 19.4. The molecule has 0 saturated carbocycles. The van der Waals surface area contributed by atoms with Crippen LogP contribution in [-0.2, 0) is 10.9 Å². The van der Waals surface area contributed by atoms with Gasteiger partial charge in [-0.25, -0.2) is 9.80 Å².